The Bertz CT molecular complexity index is 1320. The summed E-state index contributed by atoms with van der Waals surface area (Å²) in [4.78, 5) is 9.17. The highest BCUT2D eigenvalue weighted by Gasteiger charge is 2.16. The number of aromatic nitrogens is 3. The van der Waals surface area contributed by atoms with Crippen molar-refractivity contribution in [2.75, 3.05) is 5.32 Å². The molecule has 0 amide bonds. The molecule has 0 spiro atoms. The number of aryl methyl sites for hydroxylation is 3. The molecule has 0 saturated carbocycles. The van der Waals surface area contributed by atoms with E-state index in [1.807, 2.05) is 37.7 Å². The van der Waals surface area contributed by atoms with Gasteiger partial charge in [-0.2, -0.15) is 15.5 Å². The number of hydrogen-bond acceptors (Lipinski definition) is 6. The zero-order chi connectivity index (χ0) is 21.3. The summed E-state index contributed by atoms with van der Waals surface area (Å²) in [5.41, 5.74) is 5.15. The lowest BCUT2D eigenvalue weighted by Crippen LogP contribution is -2.02. The molecule has 1 N–H and O–H groups in total. The summed E-state index contributed by atoms with van der Waals surface area (Å²) in [7, 11) is 1.91. The number of nitriles is 2. The lowest BCUT2D eigenvalue weighted by Gasteiger charge is -2.14. The first-order valence-corrected chi connectivity index (χ1v) is 9.28. The van der Waals surface area contributed by atoms with Gasteiger partial charge in [0.25, 0.3) is 0 Å². The number of benzene rings is 2. The molecule has 0 aliphatic carbocycles. The molecule has 4 rings (SSSR count). The van der Waals surface area contributed by atoms with Crippen LogP contribution in [0.15, 0.2) is 48.7 Å². The molecule has 0 bridgehead atoms. The average molecular weight is 394 g/mol. The van der Waals surface area contributed by atoms with E-state index in [0.29, 0.717) is 28.7 Å². The van der Waals surface area contributed by atoms with E-state index in [4.69, 9.17) is 10.00 Å². The van der Waals surface area contributed by atoms with Crippen molar-refractivity contribution >= 4 is 22.7 Å². The highest BCUT2D eigenvalue weighted by atomic mass is 16.5. The zero-order valence-corrected chi connectivity index (χ0v) is 16.8. The van der Waals surface area contributed by atoms with Gasteiger partial charge in [0.15, 0.2) is 0 Å². The molecule has 0 radical (unpaired) electrons. The molecule has 7 nitrogen and oxygen atoms in total. The van der Waals surface area contributed by atoms with E-state index in [1.165, 1.54) is 0 Å². The van der Waals surface area contributed by atoms with E-state index in [2.05, 4.69) is 27.4 Å². The monoisotopic (exact) mass is 394 g/mol. The zero-order valence-electron chi connectivity index (χ0n) is 16.8. The van der Waals surface area contributed by atoms with Gasteiger partial charge >= 0.3 is 0 Å². The predicted octanol–water partition coefficient (Wildman–Crippen LogP) is 4.86. The molecule has 0 unspecified atom stereocenters. The standard InChI is InChI=1S/C23H18N6O/c1-14-10-17(13-25)11-15(2)21(14)30-22-20-19(8-9-29(20)3)27-23(28-22)26-18-6-4-16(12-24)5-7-18/h4-11H,1-3H3,(H,26,27,28). The maximum atomic E-state index is 9.19. The fourth-order valence-electron chi connectivity index (χ4n) is 3.31. The number of ether oxygens (including phenoxy) is 1. The van der Waals surface area contributed by atoms with E-state index in [1.54, 1.807) is 36.4 Å². The quantitative estimate of drug-likeness (QED) is 0.530. The van der Waals surface area contributed by atoms with Gasteiger partial charge in [-0.25, -0.2) is 4.98 Å². The van der Waals surface area contributed by atoms with Gasteiger partial charge in [0, 0.05) is 18.9 Å². The minimum Gasteiger partial charge on any atom is -0.436 e. The lowest BCUT2D eigenvalue weighted by molar-refractivity contribution is 0.459. The van der Waals surface area contributed by atoms with Crippen LogP contribution >= 0.6 is 0 Å². The Hall–Kier alpha value is -4.36. The van der Waals surface area contributed by atoms with Gasteiger partial charge in [-0.3, -0.25) is 0 Å². The summed E-state index contributed by atoms with van der Waals surface area (Å²) in [6.45, 7) is 3.81. The van der Waals surface area contributed by atoms with Gasteiger partial charge in [-0.15, -0.1) is 0 Å². The fraction of sp³-hybridized carbons (Fsp3) is 0.130. The SMILES string of the molecule is Cc1cc(C#N)cc(C)c1Oc1nc(Nc2ccc(C#N)cc2)nc2ccn(C)c12. The van der Waals surface area contributed by atoms with Crippen LogP contribution in [-0.2, 0) is 7.05 Å². The van der Waals surface area contributed by atoms with Gasteiger partial charge in [0.1, 0.15) is 11.3 Å². The molecule has 0 atom stereocenters. The second-order valence-corrected chi connectivity index (χ2v) is 6.98. The molecule has 4 aromatic rings. The third kappa shape index (κ3) is 3.52. The first-order chi connectivity index (χ1) is 14.5. The number of rotatable bonds is 4. The van der Waals surface area contributed by atoms with E-state index in [-0.39, 0.29) is 0 Å². The smallest absolute Gasteiger partial charge is 0.249 e. The van der Waals surface area contributed by atoms with E-state index >= 15 is 0 Å². The summed E-state index contributed by atoms with van der Waals surface area (Å²) in [6, 6.07) is 16.8. The average Bonchev–Trinajstić information content (AvgIpc) is 3.11. The van der Waals surface area contributed by atoms with E-state index in [0.717, 1.165) is 27.8 Å². The summed E-state index contributed by atoms with van der Waals surface area (Å²) in [5, 5.41) is 21.3. The molecule has 30 heavy (non-hydrogen) atoms. The van der Waals surface area contributed by atoms with Gasteiger partial charge in [0.2, 0.25) is 11.8 Å². The van der Waals surface area contributed by atoms with Crippen LogP contribution in [0.4, 0.5) is 11.6 Å². The molecule has 2 heterocycles. The van der Waals surface area contributed by atoms with Crippen molar-refractivity contribution in [2.45, 2.75) is 13.8 Å². The second-order valence-electron chi connectivity index (χ2n) is 6.98. The van der Waals surface area contributed by atoms with Crippen LogP contribution in [0.2, 0.25) is 0 Å². The molecular formula is C23H18N6O. The number of hydrogen-bond donors (Lipinski definition) is 1. The van der Waals surface area contributed by atoms with Crippen LogP contribution in [-0.4, -0.2) is 14.5 Å². The highest BCUT2D eigenvalue weighted by Crippen LogP contribution is 2.33. The van der Waals surface area contributed by atoms with Crippen LogP contribution < -0.4 is 10.1 Å². The number of fused-ring (bicyclic) bond motifs is 1. The number of nitrogens with one attached hydrogen (secondary N) is 1. The predicted molar refractivity (Wildman–Crippen MR) is 114 cm³/mol. The first kappa shape index (κ1) is 19.0. The van der Waals surface area contributed by atoms with Gasteiger partial charge in [-0.05, 0) is 67.4 Å². The van der Waals surface area contributed by atoms with Crippen molar-refractivity contribution in [3.05, 3.63) is 70.9 Å². The van der Waals surface area contributed by atoms with Crippen molar-refractivity contribution < 1.29 is 4.74 Å². The fourth-order valence-corrected chi connectivity index (χ4v) is 3.31. The Morgan fingerprint density at radius 3 is 2.23 bits per heavy atom. The molecule has 0 fully saturated rings. The van der Waals surface area contributed by atoms with Gasteiger partial charge in [0.05, 0.1) is 28.8 Å². The van der Waals surface area contributed by atoms with Gasteiger partial charge in [-0.1, -0.05) is 0 Å². The largest absolute Gasteiger partial charge is 0.436 e. The van der Waals surface area contributed by atoms with Crippen LogP contribution in [0.1, 0.15) is 22.3 Å². The Morgan fingerprint density at radius 2 is 1.60 bits per heavy atom. The molecule has 0 saturated heterocycles. The van der Waals surface area contributed by atoms with Crippen LogP contribution in [0.3, 0.4) is 0 Å². The van der Waals surface area contributed by atoms with Crippen LogP contribution in [0.5, 0.6) is 11.6 Å². The van der Waals surface area contributed by atoms with Crippen LogP contribution in [0, 0.1) is 36.5 Å². The first-order valence-electron chi connectivity index (χ1n) is 9.28. The lowest BCUT2D eigenvalue weighted by atomic mass is 10.1. The number of anilines is 2. The number of nitrogens with zero attached hydrogens (tertiary/aromatic N) is 5. The molecule has 146 valence electrons. The van der Waals surface area contributed by atoms with E-state index < -0.39 is 0 Å². The van der Waals surface area contributed by atoms with Gasteiger partial charge < -0.3 is 14.6 Å². The Labute approximate surface area is 173 Å². The van der Waals surface area contributed by atoms with Crippen molar-refractivity contribution in [3.63, 3.8) is 0 Å². The maximum absolute atomic E-state index is 9.19. The topological polar surface area (TPSA) is 99.5 Å². The Kier molecular flexibility index (Phi) is 4.79. The summed E-state index contributed by atoms with van der Waals surface area (Å²) < 4.78 is 8.15. The van der Waals surface area contributed by atoms with Crippen molar-refractivity contribution in [1.29, 1.82) is 10.5 Å². The Balaban J connectivity index is 1.76. The third-order valence-electron chi connectivity index (χ3n) is 4.75. The Morgan fingerprint density at radius 1 is 0.933 bits per heavy atom. The van der Waals surface area contributed by atoms with Crippen molar-refractivity contribution in [1.82, 2.24) is 14.5 Å². The summed E-state index contributed by atoms with van der Waals surface area (Å²) >= 11 is 0. The summed E-state index contributed by atoms with van der Waals surface area (Å²) in [6.07, 6.45) is 1.90. The second kappa shape index (κ2) is 7.57. The normalized spacial score (nSPS) is 10.4. The molecule has 0 aliphatic heterocycles. The molecule has 2 aromatic heterocycles. The van der Waals surface area contributed by atoms with Crippen molar-refractivity contribution in [3.8, 4) is 23.8 Å². The molecular weight excluding hydrogens is 376 g/mol. The maximum Gasteiger partial charge on any atom is 0.249 e. The summed E-state index contributed by atoms with van der Waals surface area (Å²) in [5.74, 6) is 1.47. The van der Waals surface area contributed by atoms with Crippen LogP contribution in [0.25, 0.3) is 11.0 Å². The third-order valence-corrected chi connectivity index (χ3v) is 4.75. The molecule has 2 aromatic carbocycles. The minimum absolute atomic E-state index is 0.386. The molecule has 7 heteroatoms. The minimum atomic E-state index is 0.386. The van der Waals surface area contributed by atoms with Crippen molar-refractivity contribution in [2.24, 2.45) is 7.05 Å². The highest BCUT2D eigenvalue weighted by molar-refractivity contribution is 5.82. The van der Waals surface area contributed by atoms with E-state index in [9.17, 15) is 5.26 Å². The molecule has 0 aliphatic rings.